The van der Waals surface area contributed by atoms with Crippen LogP contribution in [0.1, 0.15) is 33.8 Å². The van der Waals surface area contributed by atoms with E-state index >= 15 is 0 Å². The van der Waals surface area contributed by atoms with E-state index in [1.807, 2.05) is 0 Å². The van der Waals surface area contributed by atoms with Gasteiger partial charge in [-0.05, 0) is 83.7 Å². The summed E-state index contributed by atoms with van der Waals surface area (Å²) in [4.78, 5) is 7.15. The number of anilines is 1. The quantitative estimate of drug-likeness (QED) is 0.0729. The van der Waals surface area contributed by atoms with Crippen LogP contribution in [0.2, 0.25) is 20.1 Å². The largest absolute Gasteiger partial charge is 0.504 e. The average molecular weight is 1050 g/mol. The van der Waals surface area contributed by atoms with Crippen LogP contribution in [0.4, 0.5) is 59.9 Å². The van der Waals surface area contributed by atoms with Crippen molar-refractivity contribution >= 4 is 87.8 Å². The number of nitrogens with one attached hydrogen (secondary N) is 1. The van der Waals surface area contributed by atoms with Crippen LogP contribution in [0.15, 0.2) is 81.6 Å². The number of phenols is 1. The number of alkyl halides is 11. The van der Waals surface area contributed by atoms with E-state index in [4.69, 9.17) is 51.1 Å². The Bertz CT molecular complexity index is 2820. The highest BCUT2D eigenvalue weighted by Gasteiger charge is 2.37. The minimum absolute atomic E-state index is 0.0406. The van der Waals surface area contributed by atoms with Crippen molar-refractivity contribution in [3.8, 4) is 35.0 Å². The number of pyridine rings is 1. The summed E-state index contributed by atoms with van der Waals surface area (Å²) in [7, 11) is 1.27. The fraction of sp³-hybridized carbons (Fsp3) is 0.158. The Balaban J connectivity index is 0.000000249. The van der Waals surface area contributed by atoms with Gasteiger partial charge < -0.3 is 15.2 Å². The predicted molar refractivity (Wildman–Crippen MR) is 224 cm³/mol. The van der Waals surface area contributed by atoms with Crippen molar-refractivity contribution in [3.05, 3.63) is 121 Å². The number of aliphatic imine (C=N–C) groups is 1. The van der Waals surface area contributed by atoms with Crippen LogP contribution in [0.3, 0.4) is 0 Å². The van der Waals surface area contributed by atoms with Gasteiger partial charge >= 0.3 is 17.9 Å². The fourth-order valence-electron chi connectivity index (χ4n) is 5.39. The lowest BCUT2D eigenvalue weighted by molar-refractivity contribution is -0.138. The number of halogens is 15. The van der Waals surface area contributed by atoms with Gasteiger partial charge in [0.25, 0.3) is 5.76 Å². The lowest BCUT2D eigenvalue weighted by atomic mass is 10.2. The van der Waals surface area contributed by atoms with Gasteiger partial charge in [-0.1, -0.05) is 52.5 Å². The summed E-state index contributed by atoms with van der Waals surface area (Å²) >= 11 is 23.5. The van der Waals surface area contributed by atoms with Crippen LogP contribution >= 0.6 is 69.9 Å². The lowest BCUT2D eigenvalue weighted by Gasteiger charge is -2.16. The lowest BCUT2D eigenvalue weighted by Crippen LogP contribution is -2.11. The van der Waals surface area contributed by atoms with Gasteiger partial charge in [-0.25, -0.2) is 14.4 Å². The second-order valence-corrected chi connectivity index (χ2v) is 16.1. The third-order valence-electron chi connectivity index (χ3n) is 8.11. The molecule has 0 amide bonds. The van der Waals surface area contributed by atoms with Gasteiger partial charge in [-0.2, -0.15) is 69.0 Å². The maximum atomic E-state index is 13.2. The number of thioether (sulfide) groups is 2. The summed E-state index contributed by atoms with van der Waals surface area (Å²) in [5.41, 5.74) is -8.06. The highest BCUT2D eigenvalue weighted by molar-refractivity contribution is 8.00. The zero-order valence-corrected chi connectivity index (χ0v) is 36.8. The van der Waals surface area contributed by atoms with Gasteiger partial charge in [0.2, 0.25) is 0 Å². The molecule has 0 aliphatic heterocycles. The Morgan fingerprint density at radius 3 is 1.80 bits per heavy atom. The topological polar surface area (TPSA) is 150 Å². The number of hydrogen-bond acceptors (Lipinski definition) is 11. The first-order chi connectivity index (χ1) is 30.9. The maximum Gasteiger partial charge on any atom is 0.446 e. The normalized spacial score (nSPS) is 11.9. The van der Waals surface area contributed by atoms with Crippen molar-refractivity contribution in [2.75, 3.05) is 12.4 Å². The molecular weight excluding hydrogens is 1030 g/mol. The monoisotopic (exact) mass is 1050 g/mol. The first-order valence-corrected chi connectivity index (χ1v) is 20.5. The number of phenolic OH excluding ortho intramolecular Hbond substituents is 1. The second-order valence-electron chi connectivity index (χ2n) is 12.4. The van der Waals surface area contributed by atoms with Gasteiger partial charge in [-0.15, -0.1) is 0 Å². The second kappa shape index (κ2) is 20.9. The molecule has 28 heteroatoms. The summed E-state index contributed by atoms with van der Waals surface area (Å²) in [6.07, 6.45) is -6.91. The molecule has 0 spiro atoms. The van der Waals surface area contributed by atoms with Crippen molar-refractivity contribution in [2.45, 2.75) is 40.0 Å². The molecule has 346 valence electrons. The number of benzene rings is 3. The zero-order valence-electron chi connectivity index (χ0n) is 32.1. The molecular formula is C38H20Cl4F11N9O2S2. The molecule has 11 nitrogen and oxygen atoms in total. The molecule has 0 bridgehead atoms. The van der Waals surface area contributed by atoms with Crippen molar-refractivity contribution in [3.63, 3.8) is 0 Å². The molecule has 6 rings (SSSR count). The number of nitriles is 2. The Morgan fingerprint density at radius 2 is 1.33 bits per heavy atom. The van der Waals surface area contributed by atoms with E-state index in [1.54, 1.807) is 24.3 Å². The van der Waals surface area contributed by atoms with Crippen molar-refractivity contribution in [1.82, 2.24) is 24.5 Å². The van der Waals surface area contributed by atoms with Gasteiger partial charge in [0.1, 0.15) is 29.3 Å². The van der Waals surface area contributed by atoms with Crippen LogP contribution < -0.4 is 10.1 Å². The third kappa shape index (κ3) is 12.4. The molecule has 0 fully saturated rings. The molecule has 0 saturated heterocycles. The molecule has 3 aromatic heterocycles. The Kier molecular flexibility index (Phi) is 16.3. The number of ether oxygens (including phenoxy) is 1. The molecule has 3 aromatic carbocycles. The van der Waals surface area contributed by atoms with Gasteiger partial charge in [0.15, 0.2) is 28.7 Å². The molecule has 6 aromatic rings. The molecule has 2 N–H and O–H groups in total. The summed E-state index contributed by atoms with van der Waals surface area (Å²) in [6, 6.07) is 14.5. The number of hydrogen-bond donors (Lipinski definition) is 2. The van der Waals surface area contributed by atoms with E-state index in [2.05, 4.69) is 25.5 Å². The van der Waals surface area contributed by atoms with Gasteiger partial charge in [0.05, 0.1) is 60.4 Å². The van der Waals surface area contributed by atoms with E-state index < -0.39 is 88.7 Å². The van der Waals surface area contributed by atoms with Gasteiger partial charge in [0, 0.05) is 12.4 Å². The van der Waals surface area contributed by atoms with E-state index in [0.717, 1.165) is 10.9 Å². The van der Waals surface area contributed by atoms with Gasteiger partial charge in [-0.3, -0.25) is 4.98 Å². The SMILES string of the molecule is COc1cc(C=Nc2c(SC(F)(F)F)c(C#N)nn2-c2c(Cl)cc(C(F)(F)F)cc2Cl)ccc1O.N#Cc1nn(-c2c(Cl)cc(C(F)(F)F)cc2Cl)c(NCc2ccccn2)c1SC(F)F. The minimum Gasteiger partial charge on any atom is -0.504 e. The van der Waals surface area contributed by atoms with Crippen LogP contribution in [-0.2, 0) is 18.9 Å². The molecule has 0 radical (unpaired) electrons. The standard InChI is InChI=1S/C20H10Cl2F6N4O2S.C18H10Cl2F5N5S/c1-34-15-4-9(2-3-14(15)33)8-30-18-17(35-20(26,27)28)13(7-29)31-32(18)16-11(21)5-10(6-12(16)22)19(23,24)25;19-11-5-9(18(23,24)25)6-12(20)14(11)30-16(28-8-10-3-1-2-4-27-10)15(31-17(21)22)13(7-26)29-30/h2-6,8,33H,1H3;1-6,17,28H,8H2. The summed E-state index contributed by atoms with van der Waals surface area (Å²) in [5, 5.41) is 36.9. The van der Waals surface area contributed by atoms with E-state index in [1.165, 1.54) is 37.6 Å². The summed E-state index contributed by atoms with van der Waals surface area (Å²) in [6.45, 7) is 0.0457. The van der Waals surface area contributed by atoms with Crippen molar-refractivity contribution in [2.24, 2.45) is 4.99 Å². The molecule has 0 atom stereocenters. The highest BCUT2D eigenvalue weighted by Crippen LogP contribution is 2.47. The number of methoxy groups -OCH3 is 1. The van der Waals surface area contributed by atoms with Crippen LogP contribution in [0.5, 0.6) is 11.5 Å². The fourth-order valence-corrected chi connectivity index (χ4v) is 7.98. The van der Waals surface area contributed by atoms with E-state index in [-0.39, 0.29) is 57.5 Å². The van der Waals surface area contributed by atoms with Crippen LogP contribution in [0, 0.1) is 22.7 Å². The third-order valence-corrected chi connectivity index (χ3v) is 10.9. The summed E-state index contributed by atoms with van der Waals surface area (Å²) < 4.78 is 151. The van der Waals surface area contributed by atoms with E-state index in [0.29, 0.717) is 34.6 Å². The van der Waals surface area contributed by atoms with Crippen LogP contribution in [-0.4, -0.2) is 54.2 Å². The first-order valence-electron chi connectivity index (χ1n) is 17.3. The smallest absolute Gasteiger partial charge is 0.446 e. The summed E-state index contributed by atoms with van der Waals surface area (Å²) in [5.74, 6) is -3.72. The molecule has 0 aliphatic rings. The minimum atomic E-state index is -4.86. The molecule has 0 saturated carbocycles. The molecule has 0 unspecified atom stereocenters. The predicted octanol–water partition coefficient (Wildman–Crippen LogP) is 13.5. The molecule has 3 heterocycles. The van der Waals surface area contributed by atoms with Crippen molar-refractivity contribution in [1.29, 1.82) is 10.5 Å². The number of aromatic nitrogens is 5. The Labute approximate surface area is 392 Å². The zero-order chi connectivity index (χ0) is 48.9. The maximum absolute atomic E-state index is 13.2. The first kappa shape index (κ1) is 51.4. The number of aromatic hydroxyl groups is 1. The van der Waals surface area contributed by atoms with Crippen LogP contribution in [0.25, 0.3) is 11.4 Å². The Morgan fingerprint density at radius 1 is 0.803 bits per heavy atom. The molecule has 0 aliphatic carbocycles. The van der Waals surface area contributed by atoms with Crippen molar-refractivity contribution < 1.29 is 58.1 Å². The van der Waals surface area contributed by atoms with E-state index in [9.17, 15) is 63.9 Å². The number of rotatable bonds is 11. The highest BCUT2D eigenvalue weighted by atomic mass is 35.5. The Hall–Kier alpha value is -5.63. The number of nitrogens with zero attached hydrogens (tertiary/aromatic N) is 8. The molecule has 66 heavy (non-hydrogen) atoms. The average Bonchev–Trinajstić information content (AvgIpc) is 3.73.